The molecule has 9 heteroatoms. The summed E-state index contributed by atoms with van der Waals surface area (Å²) < 4.78 is 2.32. The van der Waals surface area contributed by atoms with Crippen molar-refractivity contribution in [3.05, 3.63) is 75.5 Å². The number of rotatable bonds is 5. The van der Waals surface area contributed by atoms with Crippen LogP contribution in [0.4, 0.5) is 5.69 Å². The van der Waals surface area contributed by atoms with Crippen molar-refractivity contribution in [3.63, 3.8) is 0 Å². The van der Waals surface area contributed by atoms with Gasteiger partial charge in [-0.05, 0) is 42.5 Å². The molecule has 0 saturated heterocycles. The van der Waals surface area contributed by atoms with Gasteiger partial charge in [0.25, 0.3) is 11.8 Å². The van der Waals surface area contributed by atoms with Crippen molar-refractivity contribution in [1.82, 2.24) is 14.7 Å². The van der Waals surface area contributed by atoms with Crippen molar-refractivity contribution in [2.24, 2.45) is 0 Å². The van der Waals surface area contributed by atoms with Crippen LogP contribution in [0.3, 0.4) is 0 Å². The fourth-order valence-electron chi connectivity index (χ4n) is 3.11. The summed E-state index contributed by atoms with van der Waals surface area (Å²) in [5.41, 5.74) is 1.81. The SMILES string of the molecule is O=C(CCN1C(=O)c2ccc(Br)cc2C1=O)Nc1cc(Cl)ccc1-n1cccn1. The number of amides is 3. The van der Waals surface area contributed by atoms with Crippen LogP contribution < -0.4 is 5.32 Å². The van der Waals surface area contributed by atoms with Crippen LogP contribution >= 0.6 is 27.5 Å². The van der Waals surface area contributed by atoms with Gasteiger partial charge >= 0.3 is 0 Å². The van der Waals surface area contributed by atoms with Crippen LogP contribution in [0.1, 0.15) is 27.1 Å². The molecule has 29 heavy (non-hydrogen) atoms. The van der Waals surface area contributed by atoms with Crippen LogP contribution in [0.5, 0.6) is 0 Å². The zero-order valence-electron chi connectivity index (χ0n) is 14.9. The molecule has 0 fully saturated rings. The number of aromatic nitrogens is 2. The predicted molar refractivity (Wildman–Crippen MR) is 111 cm³/mol. The molecule has 3 amide bonds. The second-order valence-electron chi connectivity index (χ2n) is 6.36. The van der Waals surface area contributed by atoms with E-state index in [4.69, 9.17) is 11.6 Å². The van der Waals surface area contributed by atoms with Crippen molar-refractivity contribution < 1.29 is 14.4 Å². The standard InChI is InChI=1S/C20H14BrClN4O3/c21-12-2-4-14-15(10-12)20(29)25(19(14)28)9-6-18(27)24-16-11-13(22)3-5-17(16)26-8-1-7-23-26/h1-5,7-8,10-11H,6,9H2,(H,24,27). The smallest absolute Gasteiger partial charge is 0.261 e. The highest BCUT2D eigenvalue weighted by Gasteiger charge is 2.35. The van der Waals surface area contributed by atoms with Crippen molar-refractivity contribution in [2.45, 2.75) is 6.42 Å². The van der Waals surface area contributed by atoms with E-state index in [9.17, 15) is 14.4 Å². The highest BCUT2D eigenvalue weighted by molar-refractivity contribution is 9.10. The van der Waals surface area contributed by atoms with E-state index in [1.807, 2.05) is 0 Å². The molecule has 1 N–H and O–H groups in total. The molecule has 0 bridgehead atoms. The summed E-state index contributed by atoms with van der Waals surface area (Å²) in [7, 11) is 0. The summed E-state index contributed by atoms with van der Waals surface area (Å²) >= 11 is 9.36. The second kappa shape index (κ2) is 7.81. The van der Waals surface area contributed by atoms with E-state index in [2.05, 4.69) is 26.3 Å². The maximum atomic E-state index is 12.5. The third kappa shape index (κ3) is 3.81. The first kappa shape index (κ1) is 19.4. The molecule has 1 aliphatic rings. The minimum Gasteiger partial charge on any atom is -0.324 e. The van der Waals surface area contributed by atoms with E-state index in [0.717, 1.165) is 4.90 Å². The van der Waals surface area contributed by atoms with Crippen LogP contribution in [-0.2, 0) is 4.79 Å². The number of hydrogen-bond acceptors (Lipinski definition) is 4. The molecule has 146 valence electrons. The second-order valence-corrected chi connectivity index (χ2v) is 7.71. The van der Waals surface area contributed by atoms with Crippen LogP contribution in [0.15, 0.2) is 59.3 Å². The third-order valence-electron chi connectivity index (χ3n) is 4.48. The summed E-state index contributed by atoms with van der Waals surface area (Å²) in [5.74, 6) is -1.15. The van der Waals surface area contributed by atoms with Crippen LogP contribution in [0.25, 0.3) is 5.69 Å². The molecule has 2 aromatic carbocycles. The summed E-state index contributed by atoms with van der Waals surface area (Å²) in [5, 5.41) is 7.41. The molecule has 0 aliphatic carbocycles. The van der Waals surface area contributed by atoms with Crippen molar-refractivity contribution in [3.8, 4) is 5.69 Å². The van der Waals surface area contributed by atoms with Crippen molar-refractivity contribution in [2.75, 3.05) is 11.9 Å². The zero-order valence-corrected chi connectivity index (χ0v) is 17.3. The number of anilines is 1. The molecular formula is C20H14BrClN4O3. The third-order valence-corrected chi connectivity index (χ3v) is 5.21. The molecule has 1 aromatic heterocycles. The van der Waals surface area contributed by atoms with Crippen LogP contribution in [0, 0.1) is 0 Å². The van der Waals surface area contributed by atoms with E-state index in [0.29, 0.717) is 32.0 Å². The average Bonchev–Trinajstić information content (AvgIpc) is 3.29. The minimum absolute atomic E-state index is 0.0204. The Hall–Kier alpha value is -2.97. The average molecular weight is 474 g/mol. The molecule has 7 nitrogen and oxygen atoms in total. The van der Waals surface area contributed by atoms with Gasteiger partial charge in [0.15, 0.2) is 0 Å². The Morgan fingerprint density at radius 3 is 2.66 bits per heavy atom. The highest BCUT2D eigenvalue weighted by atomic mass is 79.9. The first-order chi connectivity index (χ1) is 13.9. The van der Waals surface area contributed by atoms with Gasteiger partial charge in [0.2, 0.25) is 5.91 Å². The lowest BCUT2D eigenvalue weighted by Crippen LogP contribution is -2.33. The Morgan fingerprint density at radius 2 is 1.90 bits per heavy atom. The Morgan fingerprint density at radius 1 is 1.10 bits per heavy atom. The number of halogens is 2. The molecular weight excluding hydrogens is 460 g/mol. The van der Waals surface area contributed by atoms with Gasteiger partial charge in [-0.15, -0.1) is 0 Å². The van der Waals surface area contributed by atoms with Crippen molar-refractivity contribution >= 4 is 50.9 Å². The quantitative estimate of drug-likeness (QED) is 0.569. The highest BCUT2D eigenvalue weighted by Crippen LogP contribution is 2.27. The maximum Gasteiger partial charge on any atom is 0.261 e. The molecule has 3 aromatic rings. The molecule has 2 heterocycles. The summed E-state index contributed by atoms with van der Waals surface area (Å²) in [6.07, 6.45) is 3.33. The first-order valence-corrected chi connectivity index (χ1v) is 9.86. The van der Waals surface area contributed by atoms with Gasteiger partial charge in [-0.25, -0.2) is 4.68 Å². The first-order valence-electron chi connectivity index (χ1n) is 8.69. The van der Waals surface area contributed by atoms with Gasteiger partial charge in [-0.2, -0.15) is 5.10 Å². The Balaban J connectivity index is 1.46. The Kier molecular flexibility index (Phi) is 5.21. The summed E-state index contributed by atoms with van der Waals surface area (Å²) in [6, 6.07) is 11.7. The van der Waals surface area contributed by atoms with Gasteiger partial charge in [0.1, 0.15) is 0 Å². The fourth-order valence-corrected chi connectivity index (χ4v) is 3.64. The lowest BCUT2D eigenvalue weighted by atomic mass is 10.1. The Labute approximate surface area is 179 Å². The minimum atomic E-state index is -0.404. The van der Waals surface area contributed by atoms with E-state index in [-0.39, 0.29) is 18.9 Å². The Bertz CT molecular complexity index is 1130. The largest absolute Gasteiger partial charge is 0.324 e. The molecule has 0 saturated carbocycles. The van der Waals surface area contributed by atoms with Gasteiger partial charge in [-0.1, -0.05) is 27.5 Å². The molecule has 4 rings (SSSR count). The predicted octanol–water partition coefficient (Wildman–Crippen LogP) is 3.91. The zero-order chi connectivity index (χ0) is 20.5. The monoisotopic (exact) mass is 472 g/mol. The molecule has 0 atom stereocenters. The van der Waals surface area contributed by atoms with Gasteiger partial charge < -0.3 is 5.32 Å². The lowest BCUT2D eigenvalue weighted by Gasteiger charge is -2.15. The van der Waals surface area contributed by atoms with Gasteiger partial charge in [-0.3, -0.25) is 19.3 Å². The summed E-state index contributed by atoms with van der Waals surface area (Å²) in [4.78, 5) is 38.6. The van der Waals surface area contributed by atoms with E-state index in [1.165, 1.54) is 0 Å². The molecule has 1 aliphatic heterocycles. The van der Waals surface area contributed by atoms with E-state index in [1.54, 1.807) is 59.5 Å². The van der Waals surface area contributed by atoms with E-state index < -0.39 is 11.8 Å². The van der Waals surface area contributed by atoms with Crippen molar-refractivity contribution in [1.29, 1.82) is 0 Å². The van der Waals surface area contributed by atoms with E-state index >= 15 is 0 Å². The summed E-state index contributed by atoms with van der Waals surface area (Å²) in [6.45, 7) is -0.0204. The number of carbonyl (C=O) groups excluding carboxylic acids is 3. The normalized spacial score (nSPS) is 13.0. The molecule has 0 unspecified atom stereocenters. The fraction of sp³-hybridized carbons (Fsp3) is 0.100. The number of fused-ring (bicyclic) bond motifs is 1. The number of benzene rings is 2. The number of imide groups is 1. The van der Waals surface area contributed by atoms with Crippen LogP contribution in [-0.4, -0.2) is 38.9 Å². The van der Waals surface area contributed by atoms with Crippen LogP contribution in [0.2, 0.25) is 5.02 Å². The number of nitrogens with zero attached hydrogens (tertiary/aromatic N) is 3. The number of hydrogen-bond donors (Lipinski definition) is 1. The number of nitrogens with one attached hydrogen (secondary N) is 1. The number of carbonyl (C=O) groups is 3. The molecule has 0 spiro atoms. The maximum absolute atomic E-state index is 12.5. The van der Waals surface area contributed by atoms with Gasteiger partial charge in [0.05, 0.1) is 22.5 Å². The molecule has 0 radical (unpaired) electrons. The lowest BCUT2D eigenvalue weighted by molar-refractivity contribution is -0.116. The topological polar surface area (TPSA) is 84.3 Å². The van der Waals surface area contributed by atoms with Gasteiger partial charge in [0, 0.05) is 34.9 Å².